The minimum Gasteiger partial charge on any atom is -0.497 e. The number of hydrogen-bond acceptors (Lipinski definition) is 8. The van der Waals surface area contributed by atoms with Crippen molar-refractivity contribution in [3.05, 3.63) is 79.3 Å². The topological polar surface area (TPSA) is 118 Å². The SMILES string of the molecule is COC(=O)c1ccccc1NC(=O)Cn1c(=O)n(-c2ccc(OC)cc2OC)c(=O)c2c3c(sc21)CCCC3. The van der Waals surface area contributed by atoms with Gasteiger partial charge in [0.15, 0.2) is 0 Å². The number of carbonyl (C=O) groups is 2. The Morgan fingerprint density at radius 1 is 1.00 bits per heavy atom. The Morgan fingerprint density at radius 2 is 1.77 bits per heavy atom. The minimum absolute atomic E-state index is 0.186. The van der Waals surface area contributed by atoms with Gasteiger partial charge in [0.1, 0.15) is 22.9 Å². The molecule has 0 spiro atoms. The summed E-state index contributed by atoms with van der Waals surface area (Å²) in [6, 6.07) is 11.3. The number of ether oxygens (including phenoxy) is 3. The van der Waals surface area contributed by atoms with Crippen molar-refractivity contribution in [2.45, 2.75) is 32.2 Å². The predicted octanol–water partition coefficient (Wildman–Crippen LogP) is 3.54. The molecule has 1 aliphatic rings. The summed E-state index contributed by atoms with van der Waals surface area (Å²) in [7, 11) is 4.21. The molecule has 11 heteroatoms. The largest absolute Gasteiger partial charge is 0.497 e. The fourth-order valence-electron chi connectivity index (χ4n) is 4.90. The van der Waals surface area contributed by atoms with Crippen LogP contribution in [-0.2, 0) is 28.9 Å². The standard InChI is InChI=1S/C28H27N3O7S/c1-36-16-12-13-20(21(14-16)37-2)31-25(33)24-18-9-5-7-11-22(18)39-26(24)30(28(31)35)15-23(32)29-19-10-6-4-8-17(19)27(34)38-3/h4,6,8,10,12-14H,5,7,9,11,15H2,1-3H3,(H,29,32). The summed E-state index contributed by atoms with van der Waals surface area (Å²) in [5.41, 5.74) is 0.491. The number of carbonyl (C=O) groups excluding carboxylic acids is 2. The molecule has 0 aliphatic heterocycles. The maximum atomic E-state index is 13.9. The average molecular weight is 550 g/mol. The normalized spacial score (nSPS) is 12.6. The summed E-state index contributed by atoms with van der Waals surface area (Å²) < 4.78 is 18.0. The van der Waals surface area contributed by atoms with Crippen molar-refractivity contribution in [3.8, 4) is 17.2 Å². The zero-order valence-corrected chi connectivity index (χ0v) is 22.6. The quantitative estimate of drug-likeness (QED) is 0.351. The highest BCUT2D eigenvalue weighted by atomic mass is 32.1. The third-order valence-corrected chi connectivity index (χ3v) is 8.09. The Morgan fingerprint density at radius 3 is 2.51 bits per heavy atom. The fraction of sp³-hybridized carbons (Fsp3) is 0.286. The molecule has 0 saturated carbocycles. The Labute approximate surface area is 227 Å². The Balaban J connectivity index is 1.67. The lowest BCUT2D eigenvalue weighted by Crippen LogP contribution is -2.40. The second-order valence-electron chi connectivity index (χ2n) is 9.02. The number of nitrogens with one attached hydrogen (secondary N) is 1. The summed E-state index contributed by atoms with van der Waals surface area (Å²) in [5.74, 6) is -0.355. The molecule has 10 nitrogen and oxygen atoms in total. The highest BCUT2D eigenvalue weighted by Gasteiger charge is 2.26. The van der Waals surface area contributed by atoms with Gasteiger partial charge in [-0.3, -0.25) is 14.2 Å². The van der Waals surface area contributed by atoms with Crippen LogP contribution in [0.3, 0.4) is 0 Å². The number of amides is 1. The second-order valence-corrected chi connectivity index (χ2v) is 10.1. The molecule has 2 aromatic carbocycles. The van der Waals surface area contributed by atoms with Crippen molar-refractivity contribution in [1.82, 2.24) is 9.13 Å². The van der Waals surface area contributed by atoms with Crippen molar-refractivity contribution >= 4 is 39.1 Å². The molecule has 5 rings (SSSR count). The fourth-order valence-corrected chi connectivity index (χ4v) is 6.28. The molecule has 202 valence electrons. The molecular formula is C28H27N3O7S. The number of benzene rings is 2. The van der Waals surface area contributed by atoms with Crippen LogP contribution in [0.2, 0.25) is 0 Å². The third kappa shape index (κ3) is 4.69. The van der Waals surface area contributed by atoms with E-state index in [9.17, 15) is 19.2 Å². The first-order valence-corrected chi connectivity index (χ1v) is 13.2. The second kappa shape index (κ2) is 10.8. The lowest BCUT2D eigenvalue weighted by atomic mass is 9.97. The Bertz CT molecular complexity index is 1720. The number of hydrogen-bond donors (Lipinski definition) is 1. The van der Waals surface area contributed by atoms with E-state index in [1.54, 1.807) is 36.4 Å². The van der Waals surface area contributed by atoms with Crippen LogP contribution in [0.15, 0.2) is 52.1 Å². The van der Waals surface area contributed by atoms with Crippen LogP contribution >= 0.6 is 11.3 Å². The number of esters is 1. The van der Waals surface area contributed by atoms with Gasteiger partial charge in [-0.25, -0.2) is 14.2 Å². The predicted molar refractivity (Wildman–Crippen MR) is 148 cm³/mol. The molecule has 0 saturated heterocycles. The van der Waals surface area contributed by atoms with Gasteiger partial charge in [0.05, 0.1) is 43.7 Å². The van der Waals surface area contributed by atoms with Gasteiger partial charge in [-0.05, 0) is 55.5 Å². The number of rotatable bonds is 7. The number of aromatic nitrogens is 2. The molecule has 0 bridgehead atoms. The maximum absolute atomic E-state index is 13.9. The summed E-state index contributed by atoms with van der Waals surface area (Å²) in [4.78, 5) is 54.8. The molecule has 1 N–H and O–H groups in total. The number of nitrogens with zero attached hydrogens (tertiary/aromatic N) is 2. The lowest BCUT2D eigenvalue weighted by molar-refractivity contribution is -0.116. The van der Waals surface area contributed by atoms with Gasteiger partial charge < -0.3 is 19.5 Å². The monoisotopic (exact) mass is 549 g/mol. The number of methoxy groups -OCH3 is 3. The van der Waals surface area contributed by atoms with E-state index in [1.165, 1.54) is 43.3 Å². The van der Waals surface area contributed by atoms with E-state index in [0.29, 0.717) is 16.0 Å². The zero-order valence-electron chi connectivity index (χ0n) is 21.7. The van der Waals surface area contributed by atoms with Crippen molar-refractivity contribution in [2.75, 3.05) is 26.6 Å². The molecule has 1 aliphatic carbocycles. The first kappa shape index (κ1) is 26.2. The van der Waals surface area contributed by atoms with Crippen molar-refractivity contribution in [2.24, 2.45) is 0 Å². The molecule has 0 fully saturated rings. The lowest BCUT2D eigenvalue weighted by Gasteiger charge is -2.16. The van der Waals surface area contributed by atoms with Gasteiger partial charge in [0.2, 0.25) is 5.91 Å². The summed E-state index contributed by atoms with van der Waals surface area (Å²) in [6.45, 7) is -0.372. The van der Waals surface area contributed by atoms with Crippen LogP contribution in [0, 0.1) is 0 Å². The van der Waals surface area contributed by atoms with E-state index in [1.807, 2.05) is 0 Å². The van der Waals surface area contributed by atoms with Crippen LogP contribution in [-0.4, -0.2) is 42.3 Å². The molecule has 0 radical (unpaired) electrons. The van der Waals surface area contributed by atoms with Crippen molar-refractivity contribution < 1.29 is 23.8 Å². The van der Waals surface area contributed by atoms with Crippen LogP contribution in [0.5, 0.6) is 11.5 Å². The number of aryl methyl sites for hydroxylation is 2. The summed E-state index contributed by atoms with van der Waals surface area (Å²) >= 11 is 1.38. The van der Waals surface area contributed by atoms with Gasteiger partial charge in [0.25, 0.3) is 5.56 Å². The maximum Gasteiger partial charge on any atom is 0.339 e. The Hall–Kier alpha value is -4.38. The molecule has 39 heavy (non-hydrogen) atoms. The van der Waals surface area contributed by atoms with E-state index < -0.39 is 23.1 Å². The van der Waals surface area contributed by atoms with Crippen LogP contribution in [0.25, 0.3) is 15.9 Å². The van der Waals surface area contributed by atoms with Gasteiger partial charge in [-0.1, -0.05) is 12.1 Å². The van der Waals surface area contributed by atoms with Gasteiger partial charge in [0, 0.05) is 10.9 Å². The van der Waals surface area contributed by atoms with Gasteiger partial charge >= 0.3 is 11.7 Å². The molecular weight excluding hydrogens is 522 g/mol. The van der Waals surface area contributed by atoms with E-state index in [0.717, 1.165) is 40.7 Å². The van der Waals surface area contributed by atoms with Crippen LogP contribution in [0.1, 0.15) is 33.6 Å². The van der Waals surface area contributed by atoms with Crippen molar-refractivity contribution in [1.29, 1.82) is 0 Å². The minimum atomic E-state index is -0.675. The molecule has 2 heterocycles. The number of fused-ring (bicyclic) bond motifs is 3. The Kier molecular flexibility index (Phi) is 7.25. The third-order valence-electron chi connectivity index (χ3n) is 6.77. The number of anilines is 1. The number of para-hydroxylation sites is 1. The number of thiophene rings is 1. The van der Waals surface area contributed by atoms with E-state index in [2.05, 4.69) is 5.32 Å². The van der Waals surface area contributed by atoms with Gasteiger partial charge in [-0.2, -0.15) is 0 Å². The molecule has 2 aromatic heterocycles. The van der Waals surface area contributed by atoms with Crippen LogP contribution < -0.4 is 26.0 Å². The smallest absolute Gasteiger partial charge is 0.339 e. The summed E-state index contributed by atoms with van der Waals surface area (Å²) in [6.07, 6.45) is 3.47. The molecule has 0 atom stereocenters. The zero-order chi connectivity index (χ0) is 27.7. The first-order valence-electron chi connectivity index (χ1n) is 12.4. The van der Waals surface area contributed by atoms with E-state index >= 15 is 0 Å². The van der Waals surface area contributed by atoms with Crippen LogP contribution in [0.4, 0.5) is 5.69 Å². The van der Waals surface area contributed by atoms with E-state index in [-0.39, 0.29) is 29.2 Å². The van der Waals surface area contributed by atoms with Gasteiger partial charge in [-0.15, -0.1) is 11.3 Å². The molecule has 4 aromatic rings. The molecule has 0 unspecified atom stereocenters. The highest BCUT2D eigenvalue weighted by Crippen LogP contribution is 2.35. The highest BCUT2D eigenvalue weighted by molar-refractivity contribution is 7.18. The van der Waals surface area contributed by atoms with E-state index in [4.69, 9.17) is 14.2 Å². The van der Waals surface area contributed by atoms with Crippen molar-refractivity contribution in [3.63, 3.8) is 0 Å². The average Bonchev–Trinajstić information content (AvgIpc) is 3.35. The first-order chi connectivity index (χ1) is 18.9. The molecule has 1 amide bonds. The summed E-state index contributed by atoms with van der Waals surface area (Å²) in [5, 5.41) is 3.16.